The van der Waals surface area contributed by atoms with Crippen molar-refractivity contribution in [2.24, 2.45) is 5.92 Å². The Labute approximate surface area is 176 Å². The number of aromatic nitrogens is 1. The summed E-state index contributed by atoms with van der Waals surface area (Å²) in [6, 6.07) is 9.26. The smallest absolute Gasteiger partial charge is 0.253 e. The third-order valence-electron chi connectivity index (χ3n) is 6.17. The van der Waals surface area contributed by atoms with Gasteiger partial charge in [0, 0.05) is 50.4 Å². The van der Waals surface area contributed by atoms with E-state index < -0.39 is 5.66 Å². The molecule has 1 aromatic heterocycles. The molecule has 2 aromatic rings. The summed E-state index contributed by atoms with van der Waals surface area (Å²) < 4.78 is 13.2. The number of piperidine rings is 1. The number of rotatable bonds is 4. The number of carbonyl (C=O) groups excluding carboxylic acids is 2. The summed E-state index contributed by atoms with van der Waals surface area (Å²) in [4.78, 5) is 33.9. The summed E-state index contributed by atoms with van der Waals surface area (Å²) in [6.45, 7) is 5.65. The first-order chi connectivity index (χ1) is 14.4. The predicted octanol–water partition coefficient (Wildman–Crippen LogP) is 2.81. The second-order valence-electron chi connectivity index (χ2n) is 8.48. The van der Waals surface area contributed by atoms with E-state index in [2.05, 4.69) is 10.3 Å². The largest absolute Gasteiger partial charge is 0.338 e. The highest BCUT2D eigenvalue weighted by molar-refractivity contribution is 5.94. The van der Waals surface area contributed by atoms with Crippen molar-refractivity contribution in [1.29, 1.82) is 0 Å². The molecule has 3 heterocycles. The Morgan fingerprint density at radius 1 is 1.23 bits per heavy atom. The van der Waals surface area contributed by atoms with Gasteiger partial charge in [-0.3, -0.25) is 19.9 Å². The van der Waals surface area contributed by atoms with Gasteiger partial charge in [0.05, 0.1) is 11.7 Å². The maximum absolute atomic E-state index is 13.2. The van der Waals surface area contributed by atoms with Crippen LogP contribution in [0.4, 0.5) is 4.39 Å². The molecule has 0 saturated carbocycles. The van der Waals surface area contributed by atoms with E-state index in [1.54, 1.807) is 17.3 Å². The molecule has 1 spiro atoms. The van der Waals surface area contributed by atoms with Crippen LogP contribution in [0.15, 0.2) is 48.8 Å². The van der Waals surface area contributed by atoms with Gasteiger partial charge in [0.1, 0.15) is 5.82 Å². The Morgan fingerprint density at radius 2 is 1.93 bits per heavy atom. The van der Waals surface area contributed by atoms with E-state index in [0.717, 1.165) is 5.56 Å². The standard InChI is InChI=1S/C23H27FN4O2/c1-16(2)20-22(30)28(15-17-4-3-11-25-14-17)23(26-20)9-12-27(13-10-23)21(29)18-5-7-19(24)8-6-18/h3-8,11,14,16,20,26H,9-10,12-13,15H2,1-2H3. The van der Waals surface area contributed by atoms with Crippen LogP contribution < -0.4 is 5.32 Å². The molecule has 0 aliphatic carbocycles. The van der Waals surface area contributed by atoms with Crippen molar-refractivity contribution in [3.63, 3.8) is 0 Å². The van der Waals surface area contributed by atoms with Crippen molar-refractivity contribution in [1.82, 2.24) is 20.1 Å². The highest BCUT2D eigenvalue weighted by Crippen LogP contribution is 2.35. The van der Waals surface area contributed by atoms with E-state index in [1.165, 1.54) is 24.3 Å². The summed E-state index contributed by atoms with van der Waals surface area (Å²) in [5, 5.41) is 3.60. The Hall–Kier alpha value is -2.80. The zero-order valence-corrected chi connectivity index (χ0v) is 17.3. The first-order valence-corrected chi connectivity index (χ1v) is 10.4. The quantitative estimate of drug-likeness (QED) is 0.842. The van der Waals surface area contributed by atoms with Crippen LogP contribution in [0.25, 0.3) is 0 Å². The van der Waals surface area contributed by atoms with Crippen molar-refractivity contribution >= 4 is 11.8 Å². The summed E-state index contributed by atoms with van der Waals surface area (Å²) in [5.74, 6) is -0.184. The summed E-state index contributed by atoms with van der Waals surface area (Å²) >= 11 is 0. The molecule has 2 amide bonds. The Bertz CT molecular complexity index is 909. The number of nitrogens with zero attached hydrogens (tertiary/aromatic N) is 3. The van der Waals surface area contributed by atoms with E-state index >= 15 is 0 Å². The minimum absolute atomic E-state index is 0.103. The van der Waals surface area contributed by atoms with Gasteiger partial charge in [0.15, 0.2) is 0 Å². The molecule has 30 heavy (non-hydrogen) atoms. The lowest BCUT2D eigenvalue weighted by molar-refractivity contribution is -0.134. The number of amides is 2. The number of halogens is 1. The first-order valence-electron chi connectivity index (χ1n) is 10.4. The highest BCUT2D eigenvalue weighted by Gasteiger charge is 2.52. The van der Waals surface area contributed by atoms with Crippen molar-refractivity contribution in [3.8, 4) is 0 Å². The Balaban J connectivity index is 1.52. The lowest BCUT2D eigenvalue weighted by Gasteiger charge is -2.44. The van der Waals surface area contributed by atoms with Gasteiger partial charge >= 0.3 is 0 Å². The maximum atomic E-state index is 13.2. The van der Waals surface area contributed by atoms with Gasteiger partial charge in [-0.15, -0.1) is 0 Å². The molecule has 1 aromatic carbocycles. The first kappa shape index (κ1) is 20.5. The molecule has 2 fully saturated rings. The monoisotopic (exact) mass is 410 g/mol. The fourth-order valence-electron chi connectivity index (χ4n) is 4.43. The molecule has 0 bridgehead atoms. The predicted molar refractivity (Wildman–Crippen MR) is 111 cm³/mol. The molecule has 2 aliphatic heterocycles. The minimum atomic E-state index is -0.471. The van der Waals surface area contributed by atoms with Crippen LogP contribution >= 0.6 is 0 Å². The number of hydrogen-bond acceptors (Lipinski definition) is 4. The molecule has 1 unspecified atom stereocenters. The maximum Gasteiger partial charge on any atom is 0.253 e. The average Bonchev–Trinajstić information content (AvgIpc) is 3.01. The lowest BCUT2D eigenvalue weighted by Crippen LogP contribution is -2.59. The molecule has 2 aliphatic rings. The average molecular weight is 410 g/mol. The van der Waals surface area contributed by atoms with Crippen LogP contribution in [-0.2, 0) is 11.3 Å². The number of likely N-dealkylation sites (tertiary alicyclic amines) is 1. The van der Waals surface area contributed by atoms with Crippen LogP contribution in [0.2, 0.25) is 0 Å². The van der Waals surface area contributed by atoms with E-state index in [-0.39, 0.29) is 29.6 Å². The van der Waals surface area contributed by atoms with Crippen molar-refractivity contribution in [2.45, 2.75) is 44.9 Å². The molecule has 1 N–H and O–H groups in total. The number of hydrogen-bond donors (Lipinski definition) is 1. The zero-order valence-electron chi connectivity index (χ0n) is 17.3. The van der Waals surface area contributed by atoms with Gasteiger partial charge in [-0.25, -0.2) is 4.39 Å². The topological polar surface area (TPSA) is 65.5 Å². The highest BCUT2D eigenvalue weighted by atomic mass is 19.1. The third-order valence-corrected chi connectivity index (χ3v) is 6.17. The molecule has 0 radical (unpaired) electrons. The van der Waals surface area contributed by atoms with E-state index in [9.17, 15) is 14.0 Å². The Kier molecular flexibility index (Phi) is 5.56. The summed E-state index contributed by atoms with van der Waals surface area (Å²) in [6.07, 6.45) is 4.81. The fraction of sp³-hybridized carbons (Fsp3) is 0.435. The minimum Gasteiger partial charge on any atom is -0.338 e. The Morgan fingerprint density at radius 3 is 2.53 bits per heavy atom. The van der Waals surface area contributed by atoms with Gasteiger partial charge in [0.25, 0.3) is 5.91 Å². The van der Waals surface area contributed by atoms with Gasteiger partial charge in [-0.1, -0.05) is 19.9 Å². The van der Waals surface area contributed by atoms with Gasteiger partial charge in [-0.05, 0) is 41.8 Å². The SMILES string of the molecule is CC(C)C1NC2(CCN(C(=O)c3ccc(F)cc3)CC2)N(Cc2cccnc2)C1=O. The molecule has 2 saturated heterocycles. The molecule has 4 rings (SSSR count). The second-order valence-corrected chi connectivity index (χ2v) is 8.48. The fourth-order valence-corrected chi connectivity index (χ4v) is 4.43. The molecule has 1 atom stereocenters. The van der Waals surface area contributed by atoms with Crippen molar-refractivity contribution in [2.75, 3.05) is 13.1 Å². The van der Waals surface area contributed by atoms with Crippen molar-refractivity contribution in [3.05, 3.63) is 65.7 Å². The van der Waals surface area contributed by atoms with Crippen LogP contribution in [0.5, 0.6) is 0 Å². The van der Waals surface area contributed by atoms with E-state index in [0.29, 0.717) is 38.0 Å². The van der Waals surface area contributed by atoms with Crippen LogP contribution in [0, 0.1) is 11.7 Å². The number of benzene rings is 1. The van der Waals surface area contributed by atoms with Crippen LogP contribution in [0.1, 0.15) is 42.6 Å². The van der Waals surface area contributed by atoms with E-state index in [1.807, 2.05) is 30.9 Å². The summed E-state index contributed by atoms with van der Waals surface area (Å²) in [5.41, 5.74) is 0.998. The molecule has 6 nitrogen and oxygen atoms in total. The number of pyridine rings is 1. The van der Waals surface area contributed by atoms with E-state index in [4.69, 9.17) is 0 Å². The van der Waals surface area contributed by atoms with Crippen LogP contribution in [-0.4, -0.2) is 51.4 Å². The molecule has 158 valence electrons. The molecule has 7 heteroatoms. The third kappa shape index (κ3) is 3.81. The van der Waals surface area contributed by atoms with Gasteiger partial charge < -0.3 is 9.80 Å². The number of nitrogens with one attached hydrogen (secondary N) is 1. The lowest BCUT2D eigenvalue weighted by atomic mass is 9.94. The normalized spacial score (nSPS) is 20.9. The zero-order chi connectivity index (χ0) is 21.3. The van der Waals surface area contributed by atoms with Crippen molar-refractivity contribution < 1.29 is 14.0 Å². The molecular formula is C23H27FN4O2. The number of carbonyl (C=O) groups is 2. The van der Waals surface area contributed by atoms with Gasteiger partial charge in [0.2, 0.25) is 5.91 Å². The van der Waals surface area contributed by atoms with Crippen LogP contribution in [0.3, 0.4) is 0 Å². The second kappa shape index (κ2) is 8.14. The summed E-state index contributed by atoms with van der Waals surface area (Å²) in [7, 11) is 0. The van der Waals surface area contributed by atoms with Gasteiger partial charge in [-0.2, -0.15) is 0 Å². The molecular weight excluding hydrogens is 383 g/mol.